The van der Waals surface area contributed by atoms with Gasteiger partial charge in [-0.25, -0.2) is 0 Å². The minimum Gasteiger partial charge on any atom is -0.344 e. The summed E-state index contributed by atoms with van der Waals surface area (Å²) >= 11 is 2.94. The summed E-state index contributed by atoms with van der Waals surface area (Å²) in [6.07, 6.45) is 27.4. The molecule has 1 aliphatic carbocycles. The zero-order valence-electron chi connectivity index (χ0n) is 41.1. The van der Waals surface area contributed by atoms with Gasteiger partial charge in [-0.05, 0) is 135 Å². The highest BCUT2D eigenvalue weighted by molar-refractivity contribution is 9.08. The van der Waals surface area contributed by atoms with Gasteiger partial charge in [-0.3, -0.25) is 0 Å². The Morgan fingerprint density at radius 2 is 1.27 bits per heavy atom. The van der Waals surface area contributed by atoms with Gasteiger partial charge < -0.3 is 9.80 Å². The van der Waals surface area contributed by atoms with Crippen LogP contribution in [0.3, 0.4) is 0 Å². The number of nitrogens with zero attached hydrogens (tertiary/aromatic N) is 3. The number of hydrogen-bond donors (Lipinski definition) is 0. The maximum Gasteiger partial charge on any atom is 0.210 e. The molecule has 0 aromatic heterocycles. The molecule has 4 aromatic carbocycles. The molecule has 0 spiro atoms. The Labute approximate surface area is 387 Å². The first-order valence-corrected chi connectivity index (χ1v) is 26.0. The number of alkyl halides is 1. The first-order chi connectivity index (χ1) is 30.1. The second-order valence-electron chi connectivity index (χ2n) is 18.1. The normalized spacial score (nSPS) is 17.5. The molecule has 2 heterocycles. The molecule has 0 amide bonds. The minimum absolute atomic E-state index is 0.0720. The molecule has 0 fully saturated rings. The lowest BCUT2D eigenvalue weighted by Gasteiger charge is -2.27. The Balaban J connectivity index is 0.00000135. The van der Waals surface area contributed by atoms with Crippen LogP contribution in [0.15, 0.2) is 120 Å². The molecular formula is C58H83BrN3+. The van der Waals surface area contributed by atoms with Crippen molar-refractivity contribution in [3.63, 3.8) is 0 Å². The van der Waals surface area contributed by atoms with Gasteiger partial charge in [-0.2, -0.15) is 4.58 Å². The van der Waals surface area contributed by atoms with E-state index in [2.05, 4.69) is 182 Å². The fourth-order valence-corrected chi connectivity index (χ4v) is 9.99. The molecule has 0 N–H and O–H groups in total. The number of hydrogen-bond acceptors (Lipinski definition) is 2. The molecule has 0 radical (unpaired) electrons. The van der Waals surface area contributed by atoms with Crippen LogP contribution in [0.1, 0.15) is 150 Å². The molecule has 7 rings (SSSR count). The van der Waals surface area contributed by atoms with E-state index in [1.54, 1.807) is 0 Å². The number of halogens is 1. The van der Waals surface area contributed by atoms with Gasteiger partial charge >= 0.3 is 0 Å². The first kappa shape index (κ1) is 50.9. The third-order valence-electron chi connectivity index (χ3n) is 12.9. The largest absolute Gasteiger partial charge is 0.344 e. The lowest BCUT2D eigenvalue weighted by Crippen LogP contribution is -2.28. The lowest BCUT2D eigenvalue weighted by molar-refractivity contribution is -0.438. The third kappa shape index (κ3) is 11.9. The summed E-state index contributed by atoms with van der Waals surface area (Å²) in [5.41, 5.74) is 11.4. The van der Waals surface area contributed by atoms with Crippen molar-refractivity contribution in [2.45, 2.75) is 150 Å². The molecule has 0 saturated heterocycles. The quantitative estimate of drug-likeness (QED) is 0.0630. The van der Waals surface area contributed by atoms with Crippen molar-refractivity contribution in [2.75, 3.05) is 44.5 Å². The molecule has 3 nitrogen and oxygen atoms in total. The summed E-state index contributed by atoms with van der Waals surface area (Å²) in [7, 11) is 4.36. The van der Waals surface area contributed by atoms with Gasteiger partial charge in [0.25, 0.3) is 0 Å². The number of allylic oxidation sites excluding steroid dienone is 8. The van der Waals surface area contributed by atoms with Crippen LogP contribution in [-0.4, -0.2) is 54.7 Å². The molecule has 0 saturated carbocycles. The predicted molar refractivity (Wildman–Crippen MR) is 282 cm³/mol. The van der Waals surface area contributed by atoms with E-state index in [-0.39, 0.29) is 10.8 Å². The average Bonchev–Trinajstić information content (AvgIpc) is 3.66. The Bertz CT molecular complexity index is 2190. The number of anilines is 1. The van der Waals surface area contributed by atoms with Crippen LogP contribution in [-0.2, 0) is 10.8 Å². The molecule has 0 bridgehead atoms. The van der Waals surface area contributed by atoms with E-state index >= 15 is 0 Å². The summed E-state index contributed by atoms with van der Waals surface area (Å²) in [5.74, 6) is 1.81. The molecule has 0 atom stereocenters. The topological polar surface area (TPSA) is 9.49 Å². The van der Waals surface area contributed by atoms with E-state index in [4.69, 9.17) is 0 Å². The highest BCUT2D eigenvalue weighted by Gasteiger charge is 2.45. The van der Waals surface area contributed by atoms with E-state index in [0.29, 0.717) is 0 Å². The second-order valence-corrected chi connectivity index (χ2v) is 18.1. The van der Waals surface area contributed by atoms with E-state index < -0.39 is 0 Å². The van der Waals surface area contributed by atoms with E-state index in [0.717, 1.165) is 25.9 Å². The van der Waals surface area contributed by atoms with Crippen LogP contribution in [0.4, 0.5) is 11.4 Å². The molecule has 2 aliphatic heterocycles. The summed E-state index contributed by atoms with van der Waals surface area (Å²) in [6, 6.07) is 27.4. The average molecular weight is 902 g/mol. The van der Waals surface area contributed by atoms with Crippen LogP contribution in [0.5, 0.6) is 0 Å². The maximum atomic E-state index is 2.94. The van der Waals surface area contributed by atoms with Gasteiger partial charge in [0.15, 0.2) is 5.71 Å². The zero-order valence-corrected chi connectivity index (χ0v) is 42.7. The standard InChI is InChI=1S/C53H68N3.2C2H6.CH3Br/c1-8-9-10-11-19-37-55-46-32-30-42-24-14-16-26-44(42)50(46)52(2,3)48(55)34-28-40-22-21-23-41(39-40)29-35-49-53(4,5)51-45-27-17-15-25-43(45)31-33-47(51)56(49)38-20-13-12-18-36-54(6)7;3*1-2/h14-17,24-35,39H,8-13,18-23,36-38H2,1-7H3;2*1-2H3;1H3/q+1;;;. The van der Waals surface area contributed by atoms with E-state index in [1.807, 2.05) is 33.5 Å². The SMILES string of the molecule is CBr.CC.CC.CCCCCCC[N+]1=C(/C=C/C2=CC(=C/C=C3/N(CCCCCCN(C)C)c4ccc5ccccc5c4C3(C)C)/CCC2)C(C)(C)c2c1ccc1ccccc21. The Morgan fingerprint density at radius 1 is 0.661 bits per heavy atom. The van der Waals surface area contributed by atoms with Crippen LogP contribution in [0, 0.1) is 0 Å². The van der Waals surface area contributed by atoms with Crippen molar-refractivity contribution in [1.82, 2.24) is 4.90 Å². The van der Waals surface area contributed by atoms with Gasteiger partial charge in [-0.1, -0.05) is 169 Å². The monoisotopic (exact) mass is 901 g/mol. The Morgan fingerprint density at radius 3 is 1.95 bits per heavy atom. The Kier molecular flexibility index (Phi) is 20.5. The highest BCUT2D eigenvalue weighted by Crippen LogP contribution is 2.51. The van der Waals surface area contributed by atoms with Gasteiger partial charge in [0.2, 0.25) is 5.69 Å². The Hall–Kier alpha value is -3.73. The van der Waals surface area contributed by atoms with Crippen molar-refractivity contribution in [3.8, 4) is 0 Å². The highest BCUT2D eigenvalue weighted by atomic mass is 79.9. The summed E-state index contributed by atoms with van der Waals surface area (Å²) in [6.45, 7) is 23.4. The van der Waals surface area contributed by atoms with Crippen molar-refractivity contribution < 1.29 is 4.58 Å². The van der Waals surface area contributed by atoms with Crippen LogP contribution in [0.2, 0.25) is 0 Å². The number of rotatable bonds is 16. The molecule has 4 heteroatoms. The van der Waals surface area contributed by atoms with Gasteiger partial charge in [-0.15, -0.1) is 0 Å². The molecule has 4 aromatic rings. The van der Waals surface area contributed by atoms with Gasteiger partial charge in [0.1, 0.15) is 6.54 Å². The predicted octanol–water partition coefficient (Wildman–Crippen LogP) is 16.8. The first-order valence-electron chi connectivity index (χ1n) is 24.4. The van der Waals surface area contributed by atoms with Gasteiger partial charge in [0, 0.05) is 47.5 Å². The maximum absolute atomic E-state index is 2.94. The zero-order chi connectivity index (χ0) is 45.3. The summed E-state index contributed by atoms with van der Waals surface area (Å²) < 4.78 is 2.66. The van der Waals surface area contributed by atoms with Crippen LogP contribution in [0.25, 0.3) is 21.5 Å². The van der Waals surface area contributed by atoms with Gasteiger partial charge in [0.05, 0.1) is 5.41 Å². The second kappa shape index (κ2) is 24.9. The fraction of sp³-hybridized carbons (Fsp3) is 0.500. The van der Waals surface area contributed by atoms with Crippen LogP contribution >= 0.6 is 15.9 Å². The van der Waals surface area contributed by atoms with Crippen molar-refractivity contribution >= 4 is 54.6 Å². The number of fused-ring (bicyclic) bond motifs is 6. The molecular weight excluding hydrogens is 819 g/mol. The fourth-order valence-electron chi connectivity index (χ4n) is 9.99. The van der Waals surface area contributed by atoms with Crippen molar-refractivity contribution in [2.24, 2.45) is 0 Å². The van der Waals surface area contributed by atoms with E-state index in [9.17, 15) is 0 Å². The van der Waals surface area contributed by atoms with Crippen molar-refractivity contribution in [1.29, 1.82) is 0 Å². The number of unbranched alkanes of at least 4 members (excludes halogenated alkanes) is 7. The van der Waals surface area contributed by atoms with Crippen molar-refractivity contribution in [3.05, 3.63) is 131 Å². The molecule has 336 valence electrons. The third-order valence-corrected chi connectivity index (χ3v) is 12.9. The lowest BCUT2D eigenvalue weighted by atomic mass is 9.79. The van der Waals surface area contributed by atoms with E-state index in [1.165, 1.54) is 137 Å². The molecule has 0 unspecified atom stereocenters. The minimum atomic E-state index is -0.0802. The smallest absolute Gasteiger partial charge is 0.210 e. The summed E-state index contributed by atoms with van der Waals surface area (Å²) in [5, 5.41) is 5.47. The van der Waals surface area contributed by atoms with Crippen LogP contribution < -0.4 is 4.90 Å². The summed E-state index contributed by atoms with van der Waals surface area (Å²) in [4.78, 5) is 4.97. The number of benzene rings is 4. The molecule has 62 heavy (non-hydrogen) atoms. The molecule has 3 aliphatic rings.